The van der Waals surface area contributed by atoms with Gasteiger partial charge in [-0.25, -0.2) is 4.98 Å². The predicted molar refractivity (Wildman–Crippen MR) is 59.8 cm³/mol. The van der Waals surface area contributed by atoms with Crippen molar-refractivity contribution >= 4 is 11.1 Å². The third-order valence-corrected chi connectivity index (χ3v) is 2.52. The van der Waals surface area contributed by atoms with Crippen LogP contribution in [0.25, 0.3) is 11.1 Å². The zero-order valence-corrected chi connectivity index (χ0v) is 9.29. The molecule has 0 spiro atoms. The van der Waals surface area contributed by atoms with Crippen molar-refractivity contribution in [2.45, 2.75) is 39.5 Å². The van der Waals surface area contributed by atoms with Gasteiger partial charge in [-0.15, -0.1) is 0 Å². The van der Waals surface area contributed by atoms with Crippen LogP contribution in [0, 0.1) is 0 Å². The highest BCUT2D eigenvalue weighted by Gasteiger charge is 2.10. The first-order valence-electron chi connectivity index (χ1n) is 5.56. The summed E-state index contributed by atoms with van der Waals surface area (Å²) in [5.41, 5.74) is 4.10. The van der Waals surface area contributed by atoms with Gasteiger partial charge < -0.3 is 4.42 Å². The number of nitrogens with zero attached hydrogens (tertiary/aromatic N) is 2. The first-order chi connectivity index (χ1) is 7.36. The molecule has 0 fully saturated rings. The molecule has 0 saturated heterocycles. The minimum atomic E-state index is 0.878. The Hall–Kier alpha value is -1.38. The van der Waals surface area contributed by atoms with Crippen molar-refractivity contribution in [1.29, 1.82) is 0 Å². The molecule has 0 radical (unpaired) electrons. The van der Waals surface area contributed by atoms with Crippen LogP contribution >= 0.6 is 0 Å². The molecule has 2 aromatic heterocycles. The summed E-state index contributed by atoms with van der Waals surface area (Å²) in [7, 11) is 0. The first-order valence-corrected chi connectivity index (χ1v) is 5.56. The number of aromatic nitrogens is 2. The summed E-state index contributed by atoms with van der Waals surface area (Å²) in [5.74, 6) is 0. The van der Waals surface area contributed by atoms with Crippen LogP contribution in [0.5, 0.6) is 0 Å². The molecule has 0 aliphatic heterocycles. The highest BCUT2D eigenvalue weighted by molar-refractivity contribution is 5.77. The van der Waals surface area contributed by atoms with Crippen molar-refractivity contribution in [2.24, 2.45) is 0 Å². The van der Waals surface area contributed by atoms with E-state index in [0.717, 1.165) is 42.5 Å². The van der Waals surface area contributed by atoms with Gasteiger partial charge in [0.25, 0.3) is 0 Å². The Morgan fingerprint density at radius 2 is 1.93 bits per heavy atom. The molecule has 0 amide bonds. The van der Waals surface area contributed by atoms with Crippen molar-refractivity contribution in [3.05, 3.63) is 23.8 Å². The van der Waals surface area contributed by atoms with Crippen LogP contribution in [0.4, 0.5) is 0 Å². The van der Waals surface area contributed by atoms with E-state index in [1.807, 2.05) is 6.20 Å². The van der Waals surface area contributed by atoms with Crippen LogP contribution in [0.2, 0.25) is 0 Å². The number of pyridine rings is 1. The van der Waals surface area contributed by atoms with E-state index < -0.39 is 0 Å². The number of oxazole rings is 1. The Morgan fingerprint density at radius 3 is 2.67 bits per heavy atom. The van der Waals surface area contributed by atoms with Crippen LogP contribution < -0.4 is 0 Å². The number of hydrogen-bond donors (Lipinski definition) is 0. The summed E-state index contributed by atoms with van der Waals surface area (Å²) >= 11 is 0. The van der Waals surface area contributed by atoms with Crippen molar-refractivity contribution < 1.29 is 4.42 Å². The standard InChI is InChI=1S/C12H16N2O/c1-3-5-9-7-13-10(6-4-2)12-11(9)14-8-15-12/h7-8H,3-6H2,1-2H3. The maximum absolute atomic E-state index is 5.41. The van der Waals surface area contributed by atoms with Crippen molar-refractivity contribution in [2.75, 3.05) is 0 Å². The molecule has 2 aromatic rings. The van der Waals surface area contributed by atoms with Crippen LogP contribution in [0.15, 0.2) is 17.0 Å². The Bertz CT molecular complexity index is 408. The Kier molecular flexibility index (Phi) is 2.99. The van der Waals surface area contributed by atoms with E-state index in [0.29, 0.717) is 0 Å². The Morgan fingerprint density at radius 1 is 1.13 bits per heavy atom. The fourth-order valence-corrected chi connectivity index (χ4v) is 1.82. The monoisotopic (exact) mass is 204 g/mol. The largest absolute Gasteiger partial charge is 0.442 e. The number of fused-ring (bicyclic) bond motifs is 1. The first kappa shape index (κ1) is 10.1. The lowest BCUT2D eigenvalue weighted by Gasteiger charge is -2.02. The maximum atomic E-state index is 5.41. The molecule has 0 saturated carbocycles. The molecule has 2 heterocycles. The molecule has 3 nitrogen and oxygen atoms in total. The second kappa shape index (κ2) is 4.43. The predicted octanol–water partition coefficient (Wildman–Crippen LogP) is 3.13. The molecule has 80 valence electrons. The van der Waals surface area contributed by atoms with Crippen molar-refractivity contribution in [3.8, 4) is 0 Å². The molecule has 0 unspecified atom stereocenters. The van der Waals surface area contributed by atoms with E-state index in [1.54, 1.807) is 0 Å². The highest BCUT2D eigenvalue weighted by atomic mass is 16.3. The molecular weight excluding hydrogens is 188 g/mol. The fraction of sp³-hybridized carbons (Fsp3) is 0.500. The summed E-state index contributed by atoms with van der Waals surface area (Å²) in [6, 6.07) is 0. The quantitative estimate of drug-likeness (QED) is 0.768. The highest BCUT2D eigenvalue weighted by Crippen LogP contribution is 2.21. The molecule has 0 aliphatic carbocycles. The van der Waals surface area contributed by atoms with Gasteiger partial charge in [0.15, 0.2) is 12.0 Å². The molecular formula is C12H16N2O. The second-order valence-electron chi connectivity index (χ2n) is 3.76. The van der Waals surface area contributed by atoms with E-state index in [4.69, 9.17) is 4.42 Å². The van der Waals surface area contributed by atoms with E-state index in [1.165, 1.54) is 12.0 Å². The SMILES string of the molecule is CCCc1cnc(CCC)c2ocnc12. The van der Waals surface area contributed by atoms with Gasteiger partial charge in [-0.2, -0.15) is 0 Å². The van der Waals surface area contributed by atoms with E-state index in [-0.39, 0.29) is 0 Å². The van der Waals surface area contributed by atoms with E-state index in [2.05, 4.69) is 23.8 Å². The molecule has 0 atom stereocenters. The van der Waals surface area contributed by atoms with Crippen LogP contribution in [0.1, 0.15) is 37.9 Å². The summed E-state index contributed by atoms with van der Waals surface area (Å²) in [4.78, 5) is 8.73. The Balaban J connectivity index is 2.50. The molecule has 0 bridgehead atoms. The maximum Gasteiger partial charge on any atom is 0.182 e. The van der Waals surface area contributed by atoms with Crippen molar-refractivity contribution in [1.82, 2.24) is 9.97 Å². The third kappa shape index (κ3) is 1.87. The molecule has 0 aliphatic rings. The van der Waals surface area contributed by atoms with E-state index >= 15 is 0 Å². The average Bonchev–Trinajstić information content (AvgIpc) is 2.71. The van der Waals surface area contributed by atoms with Gasteiger partial charge in [0.05, 0.1) is 5.69 Å². The van der Waals surface area contributed by atoms with E-state index in [9.17, 15) is 0 Å². The lowest BCUT2D eigenvalue weighted by molar-refractivity contribution is 0.594. The van der Waals surface area contributed by atoms with Gasteiger partial charge in [-0.05, 0) is 12.8 Å². The zero-order valence-electron chi connectivity index (χ0n) is 9.29. The third-order valence-electron chi connectivity index (χ3n) is 2.52. The van der Waals surface area contributed by atoms with Gasteiger partial charge in [0.2, 0.25) is 0 Å². The van der Waals surface area contributed by atoms with Gasteiger partial charge in [-0.1, -0.05) is 26.7 Å². The van der Waals surface area contributed by atoms with Gasteiger partial charge >= 0.3 is 0 Å². The average molecular weight is 204 g/mol. The summed E-state index contributed by atoms with van der Waals surface area (Å²) in [5, 5.41) is 0. The minimum Gasteiger partial charge on any atom is -0.442 e. The van der Waals surface area contributed by atoms with Gasteiger partial charge in [-0.3, -0.25) is 4.98 Å². The smallest absolute Gasteiger partial charge is 0.182 e. The number of aryl methyl sites for hydroxylation is 2. The molecule has 0 aromatic carbocycles. The van der Waals surface area contributed by atoms with Gasteiger partial charge in [0.1, 0.15) is 5.52 Å². The lowest BCUT2D eigenvalue weighted by atomic mass is 10.1. The topological polar surface area (TPSA) is 38.9 Å². The molecule has 2 rings (SSSR count). The summed E-state index contributed by atoms with van der Waals surface area (Å²) in [6.07, 6.45) is 7.62. The second-order valence-corrected chi connectivity index (χ2v) is 3.76. The van der Waals surface area contributed by atoms with Crippen LogP contribution in [0.3, 0.4) is 0 Å². The fourth-order valence-electron chi connectivity index (χ4n) is 1.82. The summed E-state index contributed by atoms with van der Waals surface area (Å²) < 4.78 is 5.41. The summed E-state index contributed by atoms with van der Waals surface area (Å²) in [6.45, 7) is 4.30. The Labute approximate surface area is 89.5 Å². The lowest BCUT2D eigenvalue weighted by Crippen LogP contribution is -1.94. The molecule has 3 heteroatoms. The minimum absolute atomic E-state index is 0.878. The number of rotatable bonds is 4. The van der Waals surface area contributed by atoms with Crippen LogP contribution in [-0.4, -0.2) is 9.97 Å². The van der Waals surface area contributed by atoms with Crippen LogP contribution in [-0.2, 0) is 12.8 Å². The normalized spacial score (nSPS) is 11.1. The van der Waals surface area contributed by atoms with Crippen molar-refractivity contribution in [3.63, 3.8) is 0 Å². The van der Waals surface area contributed by atoms with Gasteiger partial charge in [0, 0.05) is 11.8 Å². The molecule has 15 heavy (non-hydrogen) atoms. The molecule has 0 N–H and O–H groups in total. The number of hydrogen-bond acceptors (Lipinski definition) is 3. The zero-order chi connectivity index (χ0) is 10.7.